The standard InChI is InChI=1S/C10H14N2.2C4H6O6/c1-12-7-3-5-10(12)9-4-2-6-11-8-9;2*5-1(3(7)8)2(6)4(9)10/h2,4,6,8,10H,3,5,7H2,1H3;2*1-2,5-6H,(H,7,8)(H,9,10)/t10-;;/m0../s1. The molecule has 1 aromatic rings. The number of aliphatic hydroxyl groups is 4. The van der Waals surface area contributed by atoms with Gasteiger partial charge in [0, 0.05) is 18.4 Å². The third-order valence-electron chi connectivity index (χ3n) is 4.20. The van der Waals surface area contributed by atoms with Crippen molar-refractivity contribution in [2.45, 2.75) is 43.3 Å². The van der Waals surface area contributed by atoms with Gasteiger partial charge in [0.25, 0.3) is 0 Å². The lowest BCUT2D eigenvalue weighted by atomic mass is 10.1. The second-order valence-electron chi connectivity index (χ2n) is 6.56. The Labute approximate surface area is 181 Å². The van der Waals surface area contributed by atoms with Crippen molar-refractivity contribution >= 4 is 23.9 Å². The number of carboxylic acids is 4. The Hall–Kier alpha value is -3.17. The first kappa shape index (κ1) is 28.8. The normalized spacial score (nSPS) is 19.1. The van der Waals surface area contributed by atoms with E-state index in [1.54, 1.807) is 0 Å². The zero-order valence-electron chi connectivity index (χ0n) is 16.9. The number of carbonyl (C=O) groups is 4. The van der Waals surface area contributed by atoms with Gasteiger partial charge in [0.15, 0.2) is 24.4 Å². The van der Waals surface area contributed by atoms with Crippen molar-refractivity contribution in [2.24, 2.45) is 0 Å². The van der Waals surface area contributed by atoms with Gasteiger partial charge in [-0.25, -0.2) is 19.2 Å². The first-order chi connectivity index (χ1) is 14.8. The van der Waals surface area contributed by atoms with E-state index < -0.39 is 48.3 Å². The number of aliphatic carboxylic acids is 4. The van der Waals surface area contributed by atoms with Crippen molar-refractivity contribution in [1.29, 1.82) is 0 Å². The van der Waals surface area contributed by atoms with Crippen molar-refractivity contribution in [3.8, 4) is 0 Å². The molecular formula is C18H26N2O12. The van der Waals surface area contributed by atoms with Crippen LogP contribution in [0.2, 0.25) is 0 Å². The van der Waals surface area contributed by atoms with E-state index in [9.17, 15) is 19.2 Å². The summed E-state index contributed by atoms with van der Waals surface area (Å²) in [6.45, 7) is 1.22. The predicted octanol–water partition coefficient (Wildman–Crippen LogP) is -2.40. The average molecular weight is 462 g/mol. The van der Waals surface area contributed by atoms with E-state index in [0.717, 1.165) is 0 Å². The van der Waals surface area contributed by atoms with Gasteiger partial charge < -0.3 is 40.9 Å². The molecule has 4 unspecified atom stereocenters. The fourth-order valence-electron chi connectivity index (χ4n) is 2.44. The molecule has 1 saturated heterocycles. The Balaban J connectivity index is 0.000000455. The first-order valence-electron chi connectivity index (χ1n) is 9.04. The van der Waals surface area contributed by atoms with Gasteiger partial charge in [-0.05, 0) is 38.1 Å². The Morgan fingerprint density at radius 1 is 0.875 bits per heavy atom. The van der Waals surface area contributed by atoms with Gasteiger partial charge in [0.1, 0.15) is 0 Å². The molecule has 1 aromatic heterocycles. The van der Waals surface area contributed by atoms with E-state index >= 15 is 0 Å². The molecule has 0 radical (unpaired) electrons. The van der Waals surface area contributed by atoms with Crippen molar-refractivity contribution in [2.75, 3.05) is 13.6 Å². The Morgan fingerprint density at radius 3 is 1.53 bits per heavy atom. The number of likely N-dealkylation sites (tertiary alicyclic amines) is 1. The Bertz CT molecular complexity index is 688. The third-order valence-corrected chi connectivity index (χ3v) is 4.20. The van der Waals surface area contributed by atoms with Gasteiger partial charge in [0.05, 0.1) is 0 Å². The molecule has 1 aliphatic rings. The van der Waals surface area contributed by atoms with E-state index in [1.807, 2.05) is 18.5 Å². The van der Waals surface area contributed by atoms with Crippen molar-refractivity contribution in [3.63, 3.8) is 0 Å². The van der Waals surface area contributed by atoms with Crippen LogP contribution >= 0.6 is 0 Å². The van der Waals surface area contributed by atoms with Crippen LogP contribution < -0.4 is 0 Å². The number of hydrogen-bond donors (Lipinski definition) is 8. The minimum absolute atomic E-state index is 0.610. The summed E-state index contributed by atoms with van der Waals surface area (Å²) in [5.41, 5.74) is 1.36. The summed E-state index contributed by atoms with van der Waals surface area (Å²) in [7, 11) is 2.19. The zero-order chi connectivity index (χ0) is 25.0. The molecule has 0 spiro atoms. The van der Waals surface area contributed by atoms with Crippen LogP contribution in [0.1, 0.15) is 24.4 Å². The van der Waals surface area contributed by atoms with E-state index in [1.165, 1.54) is 24.9 Å². The summed E-state index contributed by atoms with van der Waals surface area (Å²) in [6.07, 6.45) is -2.66. The third kappa shape index (κ3) is 9.76. The maximum absolute atomic E-state index is 9.77. The lowest BCUT2D eigenvalue weighted by Gasteiger charge is -2.18. The van der Waals surface area contributed by atoms with E-state index in [2.05, 4.69) is 23.0 Å². The maximum Gasteiger partial charge on any atom is 0.335 e. The predicted molar refractivity (Wildman–Crippen MR) is 103 cm³/mol. The van der Waals surface area contributed by atoms with Gasteiger partial charge in [-0.15, -0.1) is 0 Å². The van der Waals surface area contributed by atoms with Crippen LogP contribution in [0.5, 0.6) is 0 Å². The first-order valence-corrected chi connectivity index (χ1v) is 9.04. The summed E-state index contributed by atoms with van der Waals surface area (Å²) in [5.74, 6) is -7.07. The smallest absolute Gasteiger partial charge is 0.335 e. The molecule has 0 bridgehead atoms. The summed E-state index contributed by atoms with van der Waals surface area (Å²) in [6, 6.07) is 4.79. The summed E-state index contributed by atoms with van der Waals surface area (Å²) < 4.78 is 0. The van der Waals surface area contributed by atoms with Crippen LogP contribution in [0.3, 0.4) is 0 Å². The lowest BCUT2D eigenvalue weighted by molar-refractivity contribution is -0.165. The second-order valence-corrected chi connectivity index (χ2v) is 6.56. The fourth-order valence-corrected chi connectivity index (χ4v) is 2.44. The molecule has 180 valence electrons. The fraction of sp³-hybridized carbons (Fsp3) is 0.500. The zero-order valence-corrected chi connectivity index (χ0v) is 16.9. The van der Waals surface area contributed by atoms with Gasteiger partial charge in [-0.3, -0.25) is 9.88 Å². The average Bonchev–Trinajstić information content (AvgIpc) is 3.18. The SMILES string of the molecule is CN1CCC[C@H]1c1cccnc1.O=C(O)C(O)C(O)C(=O)O.O=C(O)C(O)C(O)C(=O)O. The lowest BCUT2D eigenvalue weighted by Crippen LogP contribution is -2.39. The van der Waals surface area contributed by atoms with Crippen molar-refractivity contribution in [1.82, 2.24) is 9.88 Å². The van der Waals surface area contributed by atoms with Crippen LogP contribution in [0.4, 0.5) is 0 Å². The molecule has 2 rings (SSSR count). The van der Waals surface area contributed by atoms with Crippen molar-refractivity contribution < 1.29 is 60.0 Å². The molecule has 1 aliphatic heterocycles. The molecule has 0 amide bonds. The largest absolute Gasteiger partial charge is 0.479 e. The highest BCUT2D eigenvalue weighted by molar-refractivity contribution is 5.83. The molecule has 1 fully saturated rings. The molecule has 2 heterocycles. The molecule has 5 atom stereocenters. The van der Waals surface area contributed by atoms with Gasteiger partial charge in [-0.1, -0.05) is 6.07 Å². The molecule has 14 heteroatoms. The molecule has 0 aliphatic carbocycles. The van der Waals surface area contributed by atoms with Gasteiger partial charge in [-0.2, -0.15) is 0 Å². The van der Waals surface area contributed by atoms with Gasteiger partial charge >= 0.3 is 23.9 Å². The minimum Gasteiger partial charge on any atom is -0.479 e. The quantitative estimate of drug-likeness (QED) is 0.210. The number of rotatable bonds is 7. The number of hydrogen-bond acceptors (Lipinski definition) is 10. The number of carboxylic acid groups (broad SMARTS) is 4. The topological polar surface area (TPSA) is 246 Å². The maximum atomic E-state index is 9.77. The van der Waals surface area contributed by atoms with Crippen LogP contribution in [0.15, 0.2) is 24.5 Å². The molecule has 0 aromatic carbocycles. The van der Waals surface area contributed by atoms with Crippen molar-refractivity contribution in [3.05, 3.63) is 30.1 Å². The molecule has 32 heavy (non-hydrogen) atoms. The monoisotopic (exact) mass is 462 g/mol. The Kier molecular flexibility index (Phi) is 12.6. The highest BCUT2D eigenvalue weighted by Gasteiger charge is 2.30. The number of aromatic nitrogens is 1. The molecule has 14 nitrogen and oxygen atoms in total. The summed E-state index contributed by atoms with van der Waals surface area (Å²) >= 11 is 0. The number of nitrogens with zero attached hydrogens (tertiary/aromatic N) is 2. The van der Waals surface area contributed by atoms with E-state index in [0.29, 0.717) is 6.04 Å². The van der Waals surface area contributed by atoms with E-state index in [-0.39, 0.29) is 0 Å². The van der Waals surface area contributed by atoms with Crippen LogP contribution in [0, 0.1) is 0 Å². The minimum atomic E-state index is -2.27. The summed E-state index contributed by atoms with van der Waals surface area (Å²) in [4.78, 5) is 45.6. The number of pyridine rings is 1. The number of aliphatic hydroxyl groups excluding tert-OH is 4. The van der Waals surface area contributed by atoms with Gasteiger partial charge in [0.2, 0.25) is 0 Å². The highest BCUT2D eigenvalue weighted by atomic mass is 16.4. The van der Waals surface area contributed by atoms with Crippen LogP contribution in [0.25, 0.3) is 0 Å². The molecule has 8 N–H and O–H groups in total. The highest BCUT2D eigenvalue weighted by Crippen LogP contribution is 2.29. The molecular weight excluding hydrogens is 436 g/mol. The van der Waals surface area contributed by atoms with E-state index in [4.69, 9.17) is 40.9 Å². The van der Waals surface area contributed by atoms with Crippen LogP contribution in [-0.2, 0) is 19.2 Å². The Morgan fingerprint density at radius 2 is 1.28 bits per heavy atom. The summed E-state index contributed by atoms with van der Waals surface area (Å²) in [5, 5.41) is 65.1. The van der Waals surface area contributed by atoms with Crippen LogP contribution in [-0.4, -0.2) is 113 Å². The molecule has 0 saturated carbocycles. The second kappa shape index (κ2) is 14.0.